The van der Waals surface area contributed by atoms with Crippen LogP contribution in [0.2, 0.25) is 0 Å². The minimum absolute atomic E-state index is 0.0311. The first-order valence-electron chi connectivity index (χ1n) is 9.85. The van der Waals surface area contributed by atoms with Gasteiger partial charge in [0, 0.05) is 14.1 Å². The minimum Gasteiger partial charge on any atom is -0.465 e. The van der Waals surface area contributed by atoms with E-state index in [1.807, 2.05) is 18.2 Å². The van der Waals surface area contributed by atoms with Gasteiger partial charge in [0.15, 0.2) is 5.52 Å². The fourth-order valence-electron chi connectivity index (χ4n) is 3.44. The zero-order valence-corrected chi connectivity index (χ0v) is 17.8. The first-order valence-corrected chi connectivity index (χ1v) is 9.85. The molecule has 31 heavy (non-hydrogen) atoms. The van der Waals surface area contributed by atoms with Crippen LogP contribution in [-0.4, -0.2) is 43.8 Å². The number of rotatable bonds is 7. The highest BCUT2D eigenvalue weighted by atomic mass is 16.6. The zero-order chi connectivity index (χ0) is 22.7. The van der Waals surface area contributed by atoms with Crippen molar-refractivity contribution in [2.75, 3.05) is 13.2 Å². The summed E-state index contributed by atoms with van der Waals surface area (Å²) >= 11 is 0. The number of esters is 2. The smallest absolute Gasteiger partial charge is 0.332 e. The Hall–Kier alpha value is -3.69. The third kappa shape index (κ3) is 4.00. The van der Waals surface area contributed by atoms with Crippen LogP contribution in [0.5, 0.6) is 0 Å². The molecule has 0 fully saturated rings. The van der Waals surface area contributed by atoms with Gasteiger partial charge >= 0.3 is 17.6 Å². The van der Waals surface area contributed by atoms with Crippen molar-refractivity contribution in [2.24, 2.45) is 14.1 Å². The van der Waals surface area contributed by atoms with Crippen molar-refractivity contribution in [1.82, 2.24) is 18.7 Å². The van der Waals surface area contributed by atoms with Crippen LogP contribution in [-0.2, 0) is 39.7 Å². The van der Waals surface area contributed by atoms with Crippen molar-refractivity contribution in [3.05, 3.63) is 62.6 Å². The lowest BCUT2D eigenvalue weighted by molar-refractivity contribution is -0.157. The van der Waals surface area contributed by atoms with Gasteiger partial charge in [-0.05, 0) is 19.4 Å². The third-order valence-electron chi connectivity index (χ3n) is 4.87. The topological polar surface area (TPSA) is 114 Å². The number of benzene rings is 1. The Labute approximate surface area is 177 Å². The molecular weight excluding hydrogens is 404 g/mol. The lowest BCUT2D eigenvalue weighted by Crippen LogP contribution is -2.39. The number of ether oxygens (including phenoxy) is 2. The quantitative estimate of drug-likeness (QED) is 0.402. The van der Waals surface area contributed by atoms with Gasteiger partial charge in [0.05, 0.1) is 19.8 Å². The SMILES string of the molecule is CCOC(=O)C(C(=O)OCC)c1nc2c(=O)n(Cc3ccccc3)c(=O)n(C)c2n1C. The van der Waals surface area contributed by atoms with Gasteiger partial charge < -0.3 is 14.0 Å². The van der Waals surface area contributed by atoms with Crippen LogP contribution in [0.15, 0.2) is 39.9 Å². The summed E-state index contributed by atoms with van der Waals surface area (Å²) in [6.07, 6.45) is 0. The Balaban J connectivity index is 2.22. The average Bonchev–Trinajstić information content (AvgIpc) is 3.08. The van der Waals surface area contributed by atoms with Gasteiger partial charge in [-0.15, -0.1) is 0 Å². The molecule has 0 atom stereocenters. The second kappa shape index (κ2) is 8.99. The highest BCUT2D eigenvalue weighted by Crippen LogP contribution is 2.22. The first kappa shape index (κ1) is 22.0. The number of fused-ring (bicyclic) bond motifs is 1. The maximum absolute atomic E-state index is 13.1. The largest absolute Gasteiger partial charge is 0.465 e. The molecule has 0 saturated heterocycles. The van der Waals surface area contributed by atoms with E-state index in [1.165, 1.54) is 23.2 Å². The Morgan fingerprint density at radius 2 is 1.55 bits per heavy atom. The zero-order valence-electron chi connectivity index (χ0n) is 17.8. The van der Waals surface area contributed by atoms with Gasteiger partial charge in [0.25, 0.3) is 5.56 Å². The van der Waals surface area contributed by atoms with Crippen molar-refractivity contribution in [3.63, 3.8) is 0 Å². The van der Waals surface area contributed by atoms with E-state index >= 15 is 0 Å². The molecule has 1 aromatic carbocycles. The molecule has 10 nitrogen and oxygen atoms in total. The summed E-state index contributed by atoms with van der Waals surface area (Å²) in [5.74, 6) is -3.19. The third-order valence-corrected chi connectivity index (χ3v) is 4.87. The molecule has 2 aromatic heterocycles. The molecule has 3 aromatic rings. The summed E-state index contributed by atoms with van der Waals surface area (Å²) in [6, 6.07) is 9.06. The highest BCUT2D eigenvalue weighted by molar-refractivity contribution is 6.00. The normalized spacial score (nSPS) is 11.1. The molecule has 0 amide bonds. The molecule has 0 bridgehead atoms. The van der Waals surface area contributed by atoms with Crippen LogP contribution < -0.4 is 11.2 Å². The van der Waals surface area contributed by atoms with Crippen molar-refractivity contribution in [1.29, 1.82) is 0 Å². The van der Waals surface area contributed by atoms with Gasteiger partial charge in [-0.3, -0.25) is 23.5 Å². The van der Waals surface area contributed by atoms with Gasteiger partial charge in [-0.2, -0.15) is 0 Å². The van der Waals surface area contributed by atoms with E-state index in [2.05, 4.69) is 4.98 Å². The Bertz CT molecular complexity index is 1220. The van der Waals surface area contributed by atoms with Crippen LogP contribution in [0.25, 0.3) is 11.2 Å². The number of imidazole rings is 1. The van der Waals surface area contributed by atoms with E-state index in [-0.39, 0.29) is 36.7 Å². The lowest BCUT2D eigenvalue weighted by atomic mass is 10.1. The molecule has 10 heteroatoms. The number of aryl methyl sites for hydroxylation is 2. The van der Waals surface area contributed by atoms with Gasteiger partial charge in [0.1, 0.15) is 11.5 Å². The van der Waals surface area contributed by atoms with Crippen LogP contribution in [0.1, 0.15) is 31.2 Å². The molecule has 0 saturated carbocycles. The Morgan fingerprint density at radius 3 is 2.10 bits per heavy atom. The van der Waals surface area contributed by atoms with Gasteiger partial charge in [-0.1, -0.05) is 30.3 Å². The van der Waals surface area contributed by atoms with Gasteiger partial charge in [-0.25, -0.2) is 9.78 Å². The summed E-state index contributed by atoms with van der Waals surface area (Å²) in [5, 5.41) is 0. The standard InChI is InChI=1S/C21H24N4O6/c1-5-30-19(27)14(20(28)31-6-2)16-22-15-17(23(16)3)24(4)21(29)25(18(15)26)12-13-10-8-7-9-11-13/h7-11,14H,5-6,12H2,1-4H3. The molecule has 0 aliphatic heterocycles. The number of aromatic nitrogens is 4. The maximum Gasteiger partial charge on any atom is 0.332 e. The Morgan fingerprint density at radius 1 is 0.968 bits per heavy atom. The van der Waals surface area contributed by atoms with E-state index in [1.54, 1.807) is 26.0 Å². The molecule has 0 unspecified atom stereocenters. The van der Waals surface area contributed by atoms with E-state index in [4.69, 9.17) is 9.47 Å². The van der Waals surface area contributed by atoms with Crippen LogP contribution >= 0.6 is 0 Å². The fourth-order valence-corrected chi connectivity index (χ4v) is 3.44. The second-order valence-electron chi connectivity index (χ2n) is 6.86. The fraction of sp³-hybridized carbons (Fsp3) is 0.381. The highest BCUT2D eigenvalue weighted by Gasteiger charge is 2.36. The van der Waals surface area contributed by atoms with Crippen molar-refractivity contribution in [3.8, 4) is 0 Å². The summed E-state index contributed by atoms with van der Waals surface area (Å²) in [6.45, 7) is 3.40. The number of hydrogen-bond acceptors (Lipinski definition) is 7. The molecule has 3 rings (SSSR count). The molecule has 0 aliphatic carbocycles. The van der Waals surface area contributed by atoms with Gasteiger partial charge in [0.2, 0.25) is 5.92 Å². The molecule has 0 N–H and O–H groups in total. The molecule has 2 heterocycles. The number of hydrogen-bond donors (Lipinski definition) is 0. The Kier molecular flexibility index (Phi) is 6.38. The van der Waals surface area contributed by atoms with Crippen molar-refractivity contribution in [2.45, 2.75) is 26.3 Å². The van der Waals surface area contributed by atoms with E-state index in [0.29, 0.717) is 0 Å². The summed E-state index contributed by atoms with van der Waals surface area (Å²) in [7, 11) is 3.03. The van der Waals surface area contributed by atoms with E-state index in [9.17, 15) is 19.2 Å². The van der Waals surface area contributed by atoms with Crippen LogP contribution in [0.4, 0.5) is 0 Å². The number of carbonyl (C=O) groups excluding carboxylic acids is 2. The molecule has 0 aliphatic rings. The number of carbonyl (C=O) groups is 2. The molecule has 0 spiro atoms. The van der Waals surface area contributed by atoms with E-state index < -0.39 is 29.1 Å². The summed E-state index contributed by atoms with van der Waals surface area (Å²) in [4.78, 5) is 55.3. The van der Waals surface area contributed by atoms with Crippen LogP contribution in [0.3, 0.4) is 0 Å². The summed E-state index contributed by atoms with van der Waals surface area (Å²) in [5.41, 5.74) is -0.231. The molecular formula is C21H24N4O6. The predicted octanol–water partition coefficient (Wildman–Crippen LogP) is 0.692. The van der Waals surface area contributed by atoms with Crippen molar-refractivity contribution >= 4 is 23.1 Å². The first-order chi connectivity index (χ1) is 14.8. The second-order valence-corrected chi connectivity index (χ2v) is 6.86. The summed E-state index contributed by atoms with van der Waals surface area (Å²) < 4.78 is 13.8. The minimum atomic E-state index is -1.48. The van der Waals surface area contributed by atoms with Crippen LogP contribution in [0, 0.1) is 0 Å². The maximum atomic E-state index is 13.1. The molecule has 164 valence electrons. The average molecular weight is 428 g/mol. The number of nitrogens with zero attached hydrogens (tertiary/aromatic N) is 4. The monoisotopic (exact) mass is 428 g/mol. The van der Waals surface area contributed by atoms with Crippen molar-refractivity contribution < 1.29 is 19.1 Å². The predicted molar refractivity (Wildman–Crippen MR) is 112 cm³/mol. The van der Waals surface area contributed by atoms with E-state index in [0.717, 1.165) is 10.1 Å². The molecule has 0 radical (unpaired) electrons. The lowest BCUT2D eigenvalue weighted by Gasteiger charge is -2.14.